The highest BCUT2D eigenvalue weighted by Crippen LogP contribution is 2.28. The summed E-state index contributed by atoms with van der Waals surface area (Å²) in [6.45, 7) is 8.32. The number of piperidine rings is 1. The number of aromatic nitrogens is 1. The van der Waals surface area contributed by atoms with Crippen molar-refractivity contribution in [2.24, 2.45) is 18.7 Å². The molecule has 0 amide bonds. The monoisotopic (exact) mass is 313 g/mol. The van der Waals surface area contributed by atoms with E-state index >= 15 is 0 Å². The van der Waals surface area contributed by atoms with Gasteiger partial charge in [0, 0.05) is 31.6 Å². The molecule has 1 aromatic carbocycles. The van der Waals surface area contributed by atoms with Crippen LogP contribution in [0.1, 0.15) is 43.9 Å². The fourth-order valence-corrected chi connectivity index (χ4v) is 3.59. The Bertz CT molecular complexity index is 783. The third kappa shape index (κ3) is 2.88. The van der Waals surface area contributed by atoms with Crippen molar-refractivity contribution in [3.63, 3.8) is 0 Å². The Morgan fingerprint density at radius 2 is 1.83 bits per heavy atom. The number of rotatable bonds is 2. The van der Waals surface area contributed by atoms with E-state index in [0.717, 1.165) is 46.7 Å². The lowest BCUT2D eigenvalue weighted by atomic mass is 9.97. The van der Waals surface area contributed by atoms with E-state index in [1.807, 2.05) is 27.0 Å². The molecule has 1 atom stereocenters. The number of pyridine rings is 1. The number of benzene rings is 1. The van der Waals surface area contributed by atoms with Crippen LogP contribution in [-0.4, -0.2) is 17.7 Å². The number of nitrogens with two attached hydrogens (primary N) is 1. The number of hydrogen-bond acceptors (Lipinski definition) is 3. The quantitative estimate of drug-likeness (QED) is 0.927. The summed E-state index contributed by atoms with van der Waals surface area (Å²) in [7, 11) is 1.88. The molecule has 0 bridgehead atoms. The predicted octanol–water partition coefficient (Wildman–Crippen LogP) is 3.10. The predicted molar refractivity (Wildman–Crippen MR) is 97.1 cm³/mol. The molecule has 23 heavy (non-hydrogen) atoms. The van der Waals surface area contributed by atoms with Crippen LogP contribution in [0.3, 0.4) is 0 Å². The molecule has 4 nitrogen and oxygen atoms in total. The van der Waals surface area contributed by atoms with Crippen molar-refractivity contribution >= 4 is 16.6 Å². The Balaban J connectivity index is 2.21. The highest BCUT2D eigenvalue weighted by Gasteiger charge is 2.20. The van der Waals surface area contributed by atoms with E-state index in [0.29, 0.717) is 0 Å². The second-order valence-electron chi connectivity index (χ2n) is 7.14. The maximum absolute atomic E-state index is 12.9. The van der Waals surface area contributed by atoms with Crippen LogP contribution in [-0.2, 0) is 7.05 Å². The van der Waals surface area contributed by atoms with Crippen molar-refractivity contribution < 1.29 is 0 Å². The first-order valence-corrected chi connectivity index (χ1v) is 8.53. The zero-order valence-corrected chi connectivity index (χ0v) is 14.6. The topological polar surface area (TPSA) is 51.3 Å². The van der Waals surface area contributed by atoms with E-state index in [-0.39, 0.29) is 11.6 Å². The average Bonchev–Trinajstić information content (AvgIpc) is 2.51. The third-order valence-electron chi connectivity index (χ3n) is 5.11. The zero-order chi connectivity index (χ0) is 16.7. The SMILES string of the molecule is Cc1cc([C@@H](C)N)c2cc(N3CCC(C)CC3)n(C)c(=O)c2c1. The van der Waals surface area contributed by atoms with Gasteiger partial charge in [-0.15, -0.1) is 0 Å². The highest BCUT2D eigenvalue weighted by molar-refractivity contribution is 5.88. The fourth-order valence-electron chi connectivity index (χ4n) is 3.59. The maximum atomic E-state index is 12.9. The smallest absolute Gasteiger partial charge is 0.259 e. The van der Waals surface area contributed by atoms with Crippen molar-refractivity contribution in [2.45, 2.75) is 39.7 Å². The lowest BCUT2D eigenvalue weighted by molar-refractivity contribution is 0.434. The van der Waals surface area contributed by atoms with E-state index in [1.165, 1.54) is 12.8 Å². The first-order chi connectivity index (χ1) is 10.9. The molecule has 2 heterocycles. The standard InChI is InChI=1S/C19H27N3O/c1-12-5-7-22(8-6-12)18-11-16-15(14(3)20)9-13(2)10-17(16)19(23)21(18)4/h9-12,14H,5-8,20H2,1-4H3/t14-/m1/s1. The van der Waals surface area contributed by atoms with E-state index in [4.69, 9.17) is 5.73 Å². The van der Waals surface area contributed by atoms with Crippen molar-refractivity contribution in [2.75, 3.05) is 18.0 Å². The molecule has 1 saturated heterocycles. The van der Waals surface area contributed by atoms with Crippen molar-refractivity contribution in [1.29, 1.82) is 0 Å². The molecule has 1 aromatic heterocycles. The highest BCUT2D eigenvalue weighted by atomic mass is 16.1. The molecule has 1 aliphatic heterocycles. The minimum absolute atomic E-state index is 0.0710. The normalized spacial score (nSPS) is 17.7. The van der Waals surface area contributed by atoms with Crippen LogP contribution in [0, 0.1) is 12.8 Å². The van der Waals surface area contributed by atoms with Crippen LogP contribution >= 0.6 is 0 Å². The van der Waals surface area contributed by atoms with Crippen molar-refractivity contribution in [3.05, 3.63) is 39.7 Å². The van der Waals surface area contributed by atoms with Gasteiger partial charge in [0.25, 0.3) is 5.56 Å². The molecule has 0 unspecified atom stereocenters. The lowest BCUT2D eigenvalue weighted by Gasteiger charge is -2.33. The van der Waals surface area contributed by atoms with Gasteiger partial charge in [0.15, 0.2) is 0 Å². The average molecular weight is 313 g/mol. The maximum Gasteiger partial charge on any atom is 0.259 e. The summed E-state index contributed by atoms with van der Waals surface area (Å²) in [5.41, 5.74) is 8.38. The Kier molecular flexibility index (Phi) is 4.19. The van der Waals surface area contributed by atoms with Crippen LogP contribution in [0.25, 0.3) is 10.8 Å². The van der Waals surface area contributed by atoms with E-state index in [1.54, 1.807) is 4.57 Å². The van der Waals surface area contributed by atoms with Crippen LogP contribution in [0.2, 0.25) is 0 Å². The lowest BCUT2D eigenvalue weighted by Crippen LogP contribution is -2.36. The first kappa shape index (κ1) is 16.1. The number of anilines is 1. The van der Waals surface area contributed by atoms with Gasteiger partial charge in [0.2, 0.25) is 0 Å². The molecule has 1 aliphatic rings. The molecular formula is C19H27N3O. The molecule has 2 N–H and O–H groups in total. The minimum Gasteiger partial charge on any atom is -0.358 e. The van der Waals surface area contributed by atoms with Gasteiger partial charge in [0.05, 0.1) is 0 Å². The molecule has 0 radical (unpaired) electrons. The van der Waals surface area contributed by atoms with Crippen LogP contribution in [0.15, 0.2) is 23.0 Å². The number of hydrogen-bond donors (Lipinski definition) is 1. The van der Waals surface area contributed by atoms with Crippen molar-refractivity contribution in [3.8, 4) is 0 Å². The third-order valence-corrected chi connectivity index (χ3v) is 5.11. The Hall–Kier alpha value is -1.81. The van der Waals surface area contributed by atoms with Gasteiger partial charge in [-0.25, -0.2) is 0 Å². The van der Waals surface area contributed by atoms with Gasteiger partial charge in [-0.2, -0.15) is 0 Å². The molecule has 4 heteroatoms. The summed E-state index contributed by atoms with van der Waals surface area (Å²) in [5.74, 6) is 1.78. The van der Waals surface area contributed by atoms with E-state index < -0.39 is 0 Å². The summed E-state index contributed by atoms with van der Waals surface area (Å²) in [6, 6.07) is 6.16. The Morgan fingerprint density at radius 3 is 2.43 bits per heavy atom. The van der Waals surface area contributed by atoms with Crippen LogP contribution in [0.5, 0.6) is 0 Å². The number of aryl methyl sites for hydroxylation is 1. The summed E-state index contributed by atoms with van der Waals surface area (Å²) in [6.07, 6.45) is 2.36. The fraction of sp³-hybridized carbons (Fsp3) is 0.526. The molecule has 3 rings (SSSR count). The van der Waals surface area contributed by atoms with Gasteiger partial charge in [0.1, 0.15) is 5.82 Å². The second-order valence-corrected chi connectivity index (χ2v) is 7.14. The molecule has 124 valence electrons. The summed E-state index contributed by atoms with van der Waals surface area (Å²) in [4.78, 5) is 15.2. The second kappa shape index (κ2) is 6.00. The molecule has 0 aliphatic carbocycles. The molecule has 1 fully saturated rings. The van der Waals surface area contributed by atoms with Gasteiger partial charge in [-0.3, -0.25) is 9.36 Å². The summed E-state index contributed by atoms with van der Waals surface area (Å²) >= 11 is 0. The van der Waals surface area contributed by atoms with Gasteiger partial charge >= 0.3 is 0 Å². The molecule has 2 aromatic rings. The molecular weight excluding hydrogens is 286 g/mol. The minimum atomic E-state index is -0.0845. The van der Waals surface area contributed by atoms with Crippen LogP contribution < -0.4 is 16.2 Å². The van der Waals surface area contributed by atoms with E-state index in [9.17, 15) is 4.79 Å². The summed E-state index contributed by atoms with van der Waals surface area (Å²) < 4.78 is 1.79. The summed E-state index contributed by atoms with van der Waals surface area (Å²) in [5, 5.41) is 1.77. The van der Waals surface area contributed by atoms with Gasteiger partial charge in [-0.1, -0.05) is 13.0 Å². The number of nitrogens with zero attached hydrogens (tertiary/aromatic N) is 2. The largest absolute Gasteiger partial charge is 0.358 e. The Morgan fingerprint density at radius 1 is 1.17 bits per heavy atom. The molecule has 0 saturated carbocycles. The van der Waals surface area contributed by atoms with Crippen molar-refractivity contribution in [1.82, 2.24) is 4.57 Å². The van der Waals surface area contributed by atoms with Gasteiger partial charge < -0.3 is 10.6 Å². The van der Waals surface area contributed by atoms with Gasteiger partial charge in [-0.05, 0) is 61.3 Å². The zero-order valence-electron chi connectivity index (χ0n) is 14.6. The van der Waals surface area contributed by atoms with Crippen LogP contribution in [0.4, 0.5) is 5.82 Å². The number of fused-ring (bicyclic) bond motifs is 1. The van der Waals surface area contributed by atoms with E-state index in [2.05, 4.69) is 24.0 Å². The first-order valence-electron chi connectivity index (χ1n) is 8.53. The molecule has 0 spiro atoms. The Labute approximate surface area is 137 Å².